The van der Waals surface area contributed by atoms with Gasteiger partial charge in [0, 0.05) is 30.7 Å². The Labute approximate surface area is 131 Å². The van der Waals surface area contributed by atoms with Crippen molar-refractivity contribution in [3.05, 3.63) is 28.2 Å². The molecule has 1 aliphatic heterocycles. The summed E-state index contributed by atoms with van der Waals surface area (Å²) in [6.45, 7) is 6.46. The van der Waals surface area contributed by atoms with Crippen molar-refractivity contribution in [3.8, 4) is 0 Å². The zero-order chi connectivity index (χ0) is 14.5. The molecule has 0 spiro atoms. The van der Waals surface area contributed by atoms with E-state index in [1.54, 1.807) is 0 Å². The fourth-order valence-electron chi connectivity index (χ4n) is 2.87. The number of likely N-dealkylation sites (N-methyl/N-ethyl adjacent to an activating group) is 2. The van der Waals surface area contributed by atoms with Gasteiger partial charge in [0.25, 0.3) is 0 Å². The quantitative estimate of drug-likeness (QED) is 0.889. The van der Waals surface area contributed by atoms with Crippen LogP contribution < -0.4 is 10.2 Å². The van der Waals surface area contributed by atoms with Crippen molar-refractivity contribution in [3.63, 3.8) is 0 Å². The molecule has 1 aliphatic rings. The molecule has 0 saturated carbocycles. The van der Waals surface area contributed by atoms with Crippen LogP contribution in [0.3, 0.4) is 0 Å². The highest BCUT2D eigenvalue weighted by Crippen LogP contribution is 2.29. The molecule has 1 fully saturated rings. The van der Waals surface area contributed by atoms with Crippen LogP contribution in [-0.4, -0.2) is 44.7 Å². The normalized spacial score (nSPS) is 20.1. The highest BCUT2D eigenvalue weighted by atomic mass is 79.9. The Morgan fingerprint density at radius 3 is 2.90 bits per heavy atom. The average Bonchev–Trinajstić information content (AvgIpc) is 2.44. The van der Waals surface area contributed by atoms with Gasteiger partial charge in [-0.15, -0.1) is 0 Å². The predicted molar refractivity (Wildman–Crippen MR) is 90.4 cm³/mol. The van der Waals surface area contributed by atoms with E-state index in [2.05, 4.69) is 70.3 Å². The topological polar surface area (TPSA) is 18.5 Å². The van der Waals surface area contributed by atoms with Crippen molar-refractivity contribution in [1.29, 1.82) is 0 Å². The minimum absolute atomic E-state index is 0.615. The van der Waals surface area contributed by atoms with Gasteiger partial charge in [0.1, 0.15) is 0 Å². The first-order valence-corrected chi connectivity index (χ1v) is 8.31. The average molecular weight is 340 g/mol. The summed E-state index contributed by atoms with van der Waals surface area (Å²) in [7, 11) is 4.43. The summed E-state index contributed by atoms with van der Waals surface area (Å²) >= 11 is 3.74. The number of hydrogen-bond donors (Lipinski definition) is 1. The Bertz CT molecular complexity index is 436. The SMILES string of the molecule is CCNCc1ccc(N(C)C2CCCN(C)C2)c(Br)c1. The molecular weight excluding hydrogens is 314 g/mol. The summed E-state index contributed by atoms with van der Waals surface area (Å²) in [5.74, 6) is 0. The summed E-state index contributed by atoms with van der Waals surface area (Å²) < 4.78 is 1.20. The molecule has 1 unspecified atom stereocenters. The first-order valence-electron chi connectivity index (χ1n) is 7.52. The van der Waals surface area contributed by atoms with Crippen molar-refractivity contribution in [2.45, 2.75) is 32.4 Å². The van der Waals surface area contributed by atoms with Crippen LogP contribution >= 0.6 is 15.9 Å². The van der Waals surface area contributed by atoms with Crippen molar-refractivity contribution < 1.29 is 0 Å². The molecule has 1 saturated heterocycles. The zero-order valence-corrected chi connectivity index (χ0v) is 14.4. The Kier molecular flexibility index (Phi) is 5.87. The van der Waals surface area contributed by atoms with E-state index < -0.39 is 0 Å². The van der Waals surface area contributed by atoms with Crippen LogP contribution in [-0.2, 0) is 6.54 Å². The lowest BCUT2D eigenvalue weighted by Crippen LogP contribution is -2.45. The van der Waals surface area contributed by atoms with Crippen LogP contribution in [0.15, 0.2) is 22.7 Å². The van der Waals surface area contributed by atoms with E-state index in [0.717, 1.165) is 19.6 Å². The third-order valence-electron chi connectivity index (χ3n) is 4.12. The smallest absolute Gasteiger partial charge is 0.0511 e. The molecule has 0 radical (unpaired) electrons. The third-order valence-corrected chi connectivity index (χ3v) is 4.75. The predicted octanol–water partition coefficient (Wildman–Crippen LogP) is 3.09. The second-order valence-corrected chi connectivity index (χ2v) is 6.59. The van der Waals surface area contributed by atoms with E-state index in [4.69, 9.17) is 0 Å². The number of piperidine rings is 1. The number of halogens is 1. The summed E-state index contributed by atoms with van der Waals surface area (Å²) in [6, 6.07) is 7.32. The van der Waals surface area contributed by atoms with Gasteiger partial charge in [-0.05, 0) is 66.6 Å². The van der Waals surface area contributed by atoms with E-state index in [1.807, 2.05) is 0 Å². The summed E-state index contributed by atoms with van der Waals surface area (Å²) in [5, 5.41) is 3.37. The lowest BCUT2D eigenvalue weighted by Gasteiger charge is -2.37. The van der Waals surface area contributed by atoms with Crippen LogP contribution in [0.5, 0.6) is 0 Å². The Balaban J connectivity index is 2.07. The minimum Gasteiger partial charge on any atom is -0.369 e. The highest BCUT2D eigenvalue weighted by molar-refractivity contribution is 9.10. The maximum absolute atomic E-state index is 3.74. The van der Waals surface area contributed by atoms with Crippen LogP contribution in [0.1, 0.15) is 25.3 Å². The van der Waals surface area contributed by atoms with Crippen LogP contribution in [0.4, 0.5) is 5.69 Å². The number of hydrogen-bond acceptors (Lipinski definition) is 3. The van der Waals surface area contributed by atoms with Gasteiger partial charge < -0.3 is 15.1 Å². The van der Waals surface area contributed by atoms with Gasteiger partial charge in [-0.1, -0.05) is 13.0 Å². The number of nitrogens with zero attached hydrogens (tertiary/aromatic N) is 2. The molecule has 3 nitrogen and oxygen atoms in total. The summed E-state index contributed by atoms with van der Waals surface area (Å²) in [4.78, 5) is 4.86. The van der Waals surface area contributed by atoms with Gasteiger partial charge in [-0.2, -0.15) is 0 Å². The largest absolute Gasteiger partial charge is 0.369 e. The maximum Gasteiger partial charge on any atom is 0.0511 e. The molecule has 1 heterocycles. The van der Waals surface area contributed by atoms with E-state index in [1.165, 1.54) is 35.1 Å². The first-order chi connectivity index (χ1) is 9.61. The molecule has 0 bridgehead atoms. The maximum atomic E-state index is 3.74. The van der Waals surface area contributed by atoms with E-state index >= 15 is 0 Å². The van der Waals surface area contributed by atoms with Gasteiger partial charge in [-0.3, -0.25) is 0 Å². The molecule has 1 aromatic carbocycles. The second kappa shape index (κ2) is 7.43. The number of nitrogens with one attached hydrogen (secondary N) is 1. The number of rotatable bonds is 5. The Morgan fingerprint density at radius 2 is 2.25 bits per heavy atom. The zero-order valence-electron chi connectivity index (χ0n) is 12.8. The lowest BCUT2D eigenvalue weighted by atomic mass is 10.0. The number of benzene rings is 1. The molecule has 0 amide bonds. The van der Waals surface area contributed by atoms with Crippen LogP contribution in [0.2, 0.25) is 0 Å². The van der Waals surface area contributed by atoms with Gasteiger partial charge in [-0.25, -0.2) is 0 Å². The van der Waals surface area contributed by atoms with Gasteiger partial charge >= 0.3 is 0 Å². The molecule has 112 valence electrons. The molecule has 0 aliphatic carbocycles. The van der Waals surface area contributed by atoms with E-state index in [0.29, 0.717) is 6.04 Å². The first kappa shape index (κ1) is 15.8. The van der Waals surface area contributed by atoms with Crippen molar-refractivity contribution >= 4 is 21.6 Å². The summed E-state index contributed by atoms with van der Waals surface area (Å²) in [5.41, 5.74) is 2.63. The molecule has 1 aromatic rings. The second-order valence-electron chi connectivity index (χ2n) is 5.74. The number of likely N-dealkylation sites (tertiary alicyclic amines) is 1. The van der Waals surface area contributed by atoms with Crippen molar-refractivity contribution in [2.75, 3.05) is 38.6 Å². The molecule has 1 atom stereocenters. The van der Waals surface area contributed by atoms with Gasteiger partial charge in [0.2, 0.25) is 0 Å². The molecule has 0 aromatic heterocycles. The van der Waals surface area contributed by atoms with E-state index in [-0.39, 0.29) is 0 Å². The molecule has 4 heteroatoms. The van der Waals surface area contributed by atoms with Crippen molar-refractivity contribution in [2.24, 2.45) is 0 Å². The molecule has 2 rings (SSSR count). The fraction of sp³-hybridized carbons (Fsp3) is 0.625. The minimum atomic E-state index is 0.615. The Morgan fingerprint density at radius 1 is 1.45 bits per heavy atom. The molecule has 1 N–H and O–H groups in total. The highest BCUT2D eigenvalue weighted by Gasteiger charge is 2.22. The van der Waals surface area contributed by atoms with Crippen LogP contribution in [0.25, 0.3) is 0 Å². The number of anilines is 1. The standard InChI is InChI=1S/C16H26BrN3/c1-4-18-11-13-7-8-16(15(17)10-13)20(3)14-6-5-9-19(2)12-14/h7-8,10,14,18H,4-6,9,11-12H2,1-3H3. The molecule has 20 heavy (non-hydrogen) atoms. The van der Waals surface area contributed by atoms with E-state index in [9.17, 15) is 0 Å². The van der Waals surface area contributed by atoms with Gasteiger partial charge in [0.15, 0.2) is 0 Å². The van der Waals surface area contributed by atoms with Crippen LogP contribution in [0, 0.1) is 0 Å². The fourth-order valence-corrected chi connectivity index (χ4v) is 3.57. The summed E-state index contributed by atoms with van der Waals surface area (Å²) in [6.07, 6.45) is 2.58. The monoisotopic (exact) mass is 339 g/mol. The van der Waals surface area contributed by atoms with Crippen molar-refractivity contribution in [1.82, 2.24) is 10.2 Å². The lowest BCUT2D eigenvalue weighted by molar-refractivity contribution is 0.248. The third kappa shape index (κ3) is 3.96. The van der Waals surface area contributed by atoms with Gasteiger partial charge in [0.05, 0.1) is 5.69 Å². The Hall–Kier alpha value is -0.580. The molecular formula is C16H26BrN3.